The Hall–Kier alpha value is -2.42. The van der Waals surface area contributed by atoms with Crippen LogP contribution in [0.2, 0.25) is 0 Å². The minimum absolute atomic E-state index is 0.136. The predicted octanol–water partition coefficient (Wildman–Crippen LogP) is 2.88. The molecular formula is C14H8O3. The summed E-state index contributed by atoms with van der Waals surface area (Å²) < 4.78 is 5.45. The fourth-order valence-corrected chi connectivity index (χ4v) is 1.82. The minimum Gasteiger partial charge on any atom is -0.452 e. The van der Waals surface area contributed by atoms with E-state index in [9.17, 15) is 9.59 Å². The van der Waals surface area contributed by atoms with Crippen LogP contribution in [-0.2, 0) is 0 Å². The van der Waals surface area contributed by atoms with Gasteiger partial charge in [0, 0.05) is 5.56 Å². The highest BCUT2D eigenvalue weighted by Gasteiger charge is 2.24. The number of ketones is 2. The molecule has 0 fully saturated rings. The number of furan rings is 1. The maximum absolute atomic E-state index is 11.6. The van der Waals surface area contributed by atoms with Gasteiger partial charge < -0.3 is 4.42 Å². The third-order valence-corrected chi connectivity index (χ3v) is 2.67. The molecule has 0 spiro atoms. The number of fused-ring (bicyclic) bond motifs is 1. The van der Waals surface area contributed by atoms with Gasteiger partial charge in [-0.1, -0.05) is 30.3 Å². The summed E-state index contributed by atoms with van der Waals surface area (Å²) in [5.74, 6) is 0.227. The molecule has 1 aromatic carbocycles. The van der Waals surface area contributed by atoms with Gasteiger partial charge in [0.2, 0.25) is 5.78 Å². The fourth-order valence-electron chi connectivity index (χ4n) is 1.82. The van der Waals surface area contributed by atoms with Crippen molar-refractivity contribution in [1.29, 1.82) is 0 Å². The van der Waals surface area contributed by atoms with Crippen molar-refractivity contribution in [2.45, 2.75) is 0 Å². The van der Waals surface area contributed by atoms with E-state index in [4.69, 9.17) is 4.42 Å². The highest BCUT2D eigenvalue weighted by Crippen LogP contribution is 2.28. The SMILES string of the molecule is O=C1C=CC(=O)c2oc(-c3ccccc3)cc21. The second-order valence-corrected chi connectivity index (χ2v) is 3.78. The third kappa shape index (κ3) is 1.52. The number of carbonyl (C=O) groups is 2. The van der Waals surface area contributed by atoms with Crippen LogP contribution in [0.4, 0.5) is 0 Å². The van der Waals surface area contributed by atoms with E-state index in [1.54, 1.807) is 6.07 Å². The summed E-state index contributed by atoms with van der Waals surface area (Å²) >= 11 is 0. The van der Waals surface area contributed by atoms with Crippen molar-refractivity contribution >= 4 is 11.6 Å². The fraction of sp³-hybridized carbons (Fsp3) is 0. The molecule has 82 valence electrons. The first-order valence-corrected chi connectivity index (χ1v) is 5.22. The first-order chi connectivity index (χ1) is 8.25. The normalized spacial score (nSPS) is 13.9. The van der Waals surface area contributed by atoms with E-state index < -0.39 is 0 Å². The molecule has 1 heterocycles. The van der Waals surface area contributed by atoms with Crippen LogP contribution in [0.15, 0.2) is 53.0 Å². The molecule has 0 bridgehead atoms. The van der Waals surface area contributed by atoms with Gasteiger partial charge in [0.1, 0.15) is 5.76 Å². The highest BCUT2D eigenvalue weighted by atomic mass is 16.3. The van der Waals surface area contributed by atoms with E-state index in [0.717, 1.165) is 5.56 Å². The molecule has 3 nitrogen and oxygen atoms in total. The molecule has 3 rings (SSSR count). The quantitative estimate of drug-likeness (QED) is 0.748. The monoisotopic (exact) mass is 224 g/mol. The summed E-state index contributed by atoms with van der Waals surface area (Å²) in [7, 11) is 0. The van der Waals surface area contributed by atoms with Crippen molar-refractivity contribution in [3.05, 3.63) is 59.9 Å². The molecule has 2 aromatic rings. The molecule has 1 aliphatic rings. The standard InChI is InChI=1S/C14H8O3/c15-11-6-7-12(16)14-10(11)8-13(17-14)9-4-2-1-3-5-9/h1-8H. The third-order valence-electron chi connectivity index (χ3n) is 2.67. The number of hydrogen-bond donors (Lipinski definition) is 0. The molecule has 0 amide bonds. The van der Waals surface area contributed by atoms with Gasteiger partial charge in [-0.15, -0.1) is 0 Å². The van der Waals surface area contributed by atoms with Crippen molar-refractivity contribution < 1.29 is 14.0 Å². The minimum atomic E-state index is -0.262. The number of hydrogen-bond acceptors (Lipinski definition) is 3. The molecule has 0 atom stereocenters. The largest absolute Gasteiger partial charge is 0.452 e. The lowest BCUT2D eigenvalue weighted by atomic mass is 10.0. The summed E-state index contributed by atoms with van der Waals surface area (Å²) in [6.45, 7) is 0. The summed E-state index contributed by atoms with van der Waals surface area (Å²) in [6, 6.07) is 11.0. The molecular weight excluding hydrogens is 216 g/mol. The van der Waals surface area contributed by atoms with E-state index in [2.05, 4.69) is 0 Å². The molecule has 17 heavy (non-hydrogen) atoms. The number of rotatable bonds is 1. The lowest BCUT2D eigenvalue weighted by Gasteiger charge is -1.99. The molecule has 0 saturated heterocycles. The van der Waals surface area contributed by atoms with E-state index in [0.29, 0.717) is 11.3 Å². The lowest BCUT2D eigenvalue weighted by molar-refractivity contribution is 0.0976. The maximum Gasteiger partial charge on any atom is 0.221 e. The Morgan fingerprint density at radius 1 is 0.882 bits per heavy atom. The summed E-state index contributed by atoms with van der Waals surface area (Å²) in [5.41, 5.74) is 1.19. The molecule has 0 unspecified atom stereocenters. The summed E-state index contributed by atoms with van der Waals surface area (Å²) in [5, 5.41) is 0. The van der Waals surface area contributed by atoms with Crippen LogP contribution in [0.1, 0.15) is 20.9 Å². The zero-order chi connectivity index (χ0) is 11.8. The van der Waals surface area contributed by atoms with Crippen LogP contribution in [0.3, 0.4) is 0 Å². The van der Waals surface area contributed by atoms with E-state index in [-0.39, 0.29) is 17.3 Å². The first-order valence-electron chi connectivity index (χ1n) is 5.22. The van der Waals surface area contributed by atoms with E-state index >= 15 is 0 Å². The second-order valence-electron chi connectivity index (χ2n) is 3.78. The Morgan fingerprint density at radius 3 is 2.29 bits per heavy atom. The number of allylic oxidation sites excluding steroid dienone is 2. The lowest BCUT2D eigenvalue weighted by Crippen LogP contribution is -2.07. The number of carbonyl (C=O) groups excluding carboxylic acids is 2. The van der Waals surface area contributed by atoms with Crippen molar-refractivity contribution in [3.63, 3.8) is 0 Å². The average molecular weight is 224 g/mol. The van der Waals surface area contributed by atoms with Gasteiger partial charge >= 0.3 is 0 Å². The Labute approximate surface area is 97.4 Å². The zero-order valence-electron chi connectivity index (χ0n) is 8.84. The van der Waals surface area contributed by atoms with Gasteiger partial charge in [-0.05, 0) is 18.2 Å². The van der Waals surface area contributed by atoms with Gasteiger partial charge in [0.05, 0.1) is 5.56 Å². The zero-order valence-corrected chi connectivity index (χ0v) is 8.84. The summed E-state index contributed by atoms with van der Waals surface area (Å²) in [4.78, 5) is 23.1. The molecule has 0 radical (unpaired) electrons. The van der Waals surface area contributed by atoms with Crippen molar-refractivity contribution in [2.75, 3.05) is 0 Å². The van der Waals surface area contributed by atoms with Gasteiger partial charge in [0.25, 0.3) is 0 Å². The van der Waals surface area contributed by atoms with Crippen LogP contribution in [0, 0.1) is 0 Å². The summed E-state index contributed by atoms with van der Waals surface area (Å²) in [6.07, 6.45) is 2.51. The maximum atomic E-state index is 11.6. The van der Waals surface area contributed by atoms with Crippen LogP contribution in [0.5, 0.6) is 0 Å². The first kappa shape index (κ1) is 9.78. The molecule has 0 saturated carbocycles. The van der Waals surface area contributed by atoms with Gasteiger partial charge in [0.15, 0.2) is 11.5 Å². The van der Waals surface area contributed by atoms with Crippen molar-refractivity contribution in [3.8, 4) is 11.3 Å². The van der Waals surface area contributed by atoms with Crippen LogP contribution >= 0.6 is 0 Å². The molecule has 1 aliphatic carbocycles. The Bertz CT molecular complexity index is 597. The van der Waals surface area contributed by atoms with Gasteiger partial charge in [-0.25, -0.2) is 0 Å². The van der Waals surface area contributed by atoms with Crippen molar-refractivity contribution in [1.82, 2.24) is 0 Å². The van der Waals surface area contributed by atoms with Crippen LogP contribution < -0.4 is 0 Å². The molecule has 3 heteroatoms. The van der Waals surface area contributed by atoms with E-state index in [1.165, 1.54) is 12.2 Å². The van der Waals surface area contributed by atoms with Gasteiger partial charge in [-0.2, -0.15) is 0 Å². The van der Waals surface area contributed by atoms with Gasteiger partial charge in [-0.3, -0.25) is 9.59 Å². The molecule has 0 aliphatic heterocycles. The Kier molecular flexibility index (Phi) is 2.05. The topological polar surface area (TPSA) is 47.3 Å². The van der Waals surface area contributed by atoms with Crippen LogP contribution in [-0.4, -0.2) is 11.6 Å². The Morgan fingerprint density at radius 2 is 1.59 bits per heavy atom. The van der Waals surface area contributed by atoms with Crippen LogP contribution in [0.25, 0.3) is 11.3 Å². The highest BCUT2D eigenvalue weighted by molar-refractivity contribution is 6.21. The smallest absolute Gasteiger partial charge is 0.221 e. The second kappa shape index (κ2) is 3.56. The number of benzene rings is 1. The Balaban J connectivity index is 2.15. The molecule has 1 aromatic heterocycles. The predicted molar refractivity (Wildman–Crippen MR) is 61.9 cm³/mol. The average Bonchev–Trinajstić information content (AvgIpc) is 2.81. The van der Waals surface area contributed by atoms with Crippen molar-refractivity contribution in [2.24, 2.45) is 0 Å². The molecule has 0 N–H and O–H groups in total. The van der Waals surface area contributed by atoms with E-state index in [1.807, 2.05) is 30.3 Å².